The Morgan fingerprint density at radius 3 is 2.33 bits per heavy atom. The molecular weight excluding hydrogens is 252 g/mol. The topological polar surface area (TPSA) is 44.1 Å². The first kappa shape index (κ1) is 15.2. The van der Waals surface area contributed by atoms with Crippen LogP contribution in [0.2, 0.25) is 5.02 Å². The molecule has 0 amide bonds. The Morgan fingerprint density at radius 1 is 1.44 bits per heavy atom. The van der Waals surface area contributed by atoms with Crippen LogP contribution < -0.4 is 0 Å². The molecule has 0 atom stereocenters. The van der Waals surface area contributed by atoms with Crippen molar-refractivity contribution in [3.05, 3.63) is 16.4 Å². The van der Waals surface area contributed by atoms with Crippen LogP contribution in [0.5, 0.6) is 0 Å². The average Bonchev–Trinajstić information content (AvgIpc) is 2.59. The van der Waals surface area contributed by atoms with Crippen LogP contribution in [0.4, 0.5) is 0 Å². The van der Waals surface area contributed by atoms with Gasteiger partial charge in [0.25, 0.3) is 0 Å². The third-order valence-corrected chi connectivity index (χ3v) is 4.12. The van der Waals surface area contributed by atoms with Crippen molar-refractivity contribution in [3.63, 3.8) is 0 Å². The molecule has 0 bridgehead atoms. The van der Waals surface area contributed by atoms with Crippen molar-refractivity contribution in [1.82, 2.24) is 9.78 Å². The lowest BCUT2D eigenvalue weighted by atomic mass is 9.89. The monoisotopic (exact) mass is 272 g/mol. The van der Waals surface area contributed by atoms with E-state index in [9.17, 15) is 4.79 Å². The van der Waals surface area contributed by atoms with Gasteiger partial charge in [-0.1, -0.05) is 25.4 Å². The Hall–Kier alpha value is -0.870. The number of rotatable bonds is 6. The van der Waals surface area contributed by atoms with Gasteiger partial charge in [-0.15, -0.1) is 0 Å². The maximum Gasteiger partial charge on any atom is 0.170 e. The summed E-state index contributed by atoms with van der Waals surface area (Å²) < 4.78 is 7.10. The molecule has 0 aliphatic carbocycles. The summed E-state index contributed by atoms with van der Waals surface area (Å²) in [5.74, 6) is 0.0555. The molecule has 0 saturated heterocycles. The van der Waals surface area contributed by atoms with E-state index in [2.05, 4.69) is 5.10 Å². The molecule has 1 rings (SSSR count). The molecule has 0 aliphatic rings. The second kappa shape index (κ2) is 5.85. The zero-order chi connectivity index (χ0) is 13.9. The standard InChI is InChI=1S/C13H21ClN2O2/c1-6-13(7-2,18-5)11(17)8-10-12(14)9(3)15-16(10)4/h6-8H2,1-5H3. The van der Waals surface area contributed by atoms with Gasteiger partial charge < -0.3 is 4.74 Å². The van der Waals surface area contributed by atoms with Crippen LogP contribution in [0, 0.1) is 6.92 Å². The number of carbonyl (C=O) groups is 1. The van der Waals surface area contributed by atoms with E-state index in [4.69, 9.17) is 16.3 Å². The van der Waals surface area contributed by atoms with E-state index >= 15 is 0 Å². The zero-order valence-electron chi connectivity index (χ0n) is 11.7. The number of aryl methyl sites for hydroxylation is 2. The zero-order valence-corrected chi connectivity index (χ0v) is 12.5. The predicted molar refractivity (Wildman–Crippen MR) is 72.0 cm³/mol. The summed E-state index contributed by atoms with van der Waals surface area (Å²) in [4.78, 5) is 12.4. The van der Waals surface area contributed by atoms with Gasteiger partial charge in [-0.05, 0) is 19.8 Å². The molecule has 0 radical (unpaired) electrons. The second-order valence-corrected chi connectivity index (χ2v) is 4.85. The van der Waals surface area contributed by atoms with Gasteiger partial charge in [-0.2, -0.15) is 5.10 Å². The first-order valence-electron chi connectivity index (χ1n) is 6.18. The van der Waals surface area contributed by atoms with Gasteiger partial charge in [0.15, 0.2) is 5.78 Å². The normalized spacial score (nSPS) is 11.9. The number of nitrogens with zero attached hydrogens (tertiary/aromatic N) is 2. The highest BCUT2D eigenvalue weighted by Gasteiger charge is 2.35. The fraction of sp³-hybridized carbons (Fsp3) is 0.692. The third-order valence-electron chi connectivity index (χ3n) is 3.63. The van der Waals surface area contributed by atoms with Crippen molar-refractivity contribution in [3.8, 4) is 0 Å². The van der Waals surface area contributed by atoms with Crippen LogP contribution in [-0.4, -0.2) is 28.3 Å². The minimum absolute atomic E-state index is 0.0555. The van der Waals surface area contributed by atoms with Crippen molar-refractivity contribution >= 4 is 17.4 Å². The molecule has 0 unspecified atom stereocenters. The lowest BCUT2D eigenvalue weighted by molar-refractivity contribution is -0.141. The number of ketones is 1. The fourth-order valence-electron chi connectivity index (χ4n) is 2.23. The first-order valence-corrected chi connectivity index (χ1v) is 6.56. The summed E-state index contributed by atoms with van der Waals surface area (Å²) in [7, 11) is 3.38. The van der Waals surface area contributed by atoms with Gasteiger partial charge in [0.1, 0.15) is 5.60 Å². The van der Waals surface area contributed by atoms with E-state index in [1.54, 1.807) is 18.8 Å². The summed E-state index contributed by atoms with van der Waals surface area (Å²) in [5.41, 5.74) is 0.794. The molecule has 0 fully saturated rings. The lowest BCUT2D eigenvalue weighted by Gasteiger charge is -2.28. The molecule has 18 heavy (non-hydrogen) atoms. The Morgan fingerprint density at radius 2 is 2.00 bits per heavy atom. The van der Waals surface area contributed by atoms with E-state index in [1.807, 2.05) is 20.8 Å². The quantitative estimate of drug-likeness (QED) is 0.800. The smallest absolute Gasteiger partial charge is 0.170 e. The number of hydrogen-bond donors (Lipinski definition) is 0. The van der Waals surface area contributed by atoms with Gasteiger partial charge >= 0.3 is 0 Å². The summed E-state index contributed by atoms with van der Waals surface area (Å²) >= 11 is 6.16. The molecule has 0 aliphatic heterocycles. The minimum atomic E-state index is -0.707. The summed E-state index contributed by atoms with van der Waals surface area (Å²) in [6.07, 6.45) is 1.58. The number of ether oxygens (including phenoxy) is 1. The van der Waals surface area contributed by atoms with E-state index in [0.29, 0.717) is 17.9 Å². The largest absolute Gasteiger partial charge is 0.370 e. The van der Waals surface area contributed by atoms with Crippen LogP contribution in [0.3, 0.4) is 0 Å². The Balaban J connectivity index is 3.00. The molecule has 102 valence electrons. The number of Topliss-reactive ketones (excluding diaryl/α,β-unsaturated/α-hetero) is 1. The van der Waals surface area contributed by atoms with Gasteiger partial charge in [0.2, 0.25) is 0 Å². The molecule has 4 nitrogen and oxygen atoms in total. The SMILES string of the molecule is CCC(CC)(OC)C(=O)Cc1c(Cl)c(C)nn1C. The molecule has 1 heterocycles. The van der Waals surface area contributed by atoms with Crippen LogP contribution in [0.15, 0.2) is 0 Å². The van der Waals surface area contributed by atoms with Gasteiger partial charge in [0.05, 0.1) is 22.8 Å². The number of hydrogen-bond acceptors (Lipinski definition) is 3. The molecular formula is C13H21ClN2O2. The maximum absolute atomic E-state index is 12.4. The van der Waals surface area contributed by atoms with E-state index in [1.165, 1.54) is 0 Å². The molecule has 0 spiro atoms. The van der Waals surface area contributed by atoms with Crippen molar-refractivity contribution in [2.24, 2.45) is 7.05 Å². The van der Waals surface area contributed by atoms with Crippen molar-refractivity contribution < 1.29 is 9.53 Å². The van der Waals surface area contributed by atoms with Crippen molar-refractivity contribution in [2.45, 2.75) is 45.6 Å². The van der Waals surface area contributed by atoms with Gasteiger partial charge in [-0.25, -0.2) is 0 Å². The van der Waals surface area contributed by atoms with Crippen LogP contribution >= 0.6 is 11.6 Å². The third kappa shape index (κ3) is 2.59. The van der Waals surface area contributed by atoms with E-state index in [-0.39, 0.29) is 12.2 Å². The molecule has 0 aromatic carbocycles. The lowest BCUT2D eigenvalue weighted by Crippen LogP contribution is -2.40. The summed E-state index contributed by atoms with van der Waals surface area (Å²) in [5, 5.41) is 4.79. The Bertz CT molecular complexity index is 428. The number of methoxy groups -OCH3 is 1. The van der Waals surface area contributed by atoms with E-state index in [0.717, 1.165) is 11.4 Å². The second-order valence-electron chi connectivity index (χ2n) is 4.48. The van der Waals surface area contributed by atoms with Gasteiger partial charge in [-0.3, -0.25) is 9.48 Å². The average molecular weight is 273 g/mol. The molecule has 0 N–H and O–H groups in total. The van der Waals surface area contributed by atoms with Crippen LogP contribution in [-0.2, 0) is 23.0 Å². The summed E-state index contributed by atoms with van der Waals surface area (Å²) in [6.45, 7) is 5.75. The molecule has 5 heteroatoms. The van der Waals surface area contributed by atoms with Crippen LogP contribution in [0.1, 0.15) is 38.1 Å². The first-order chi connectivity index (χ1) is 8.41. The Kier molecular flexibility index (Phi) is 4.93. The van der Waals surface area contributed by atoms with Crippen molar-refractivity contribution in [1.29, 1.82) is 0 Å². The minimum Gasteiger partial charge on any atom is -0.370 e. The van der Waals surface area contributed by atoms with Crippen LogP contribution in [0.25, 0.3) is 0 Å². The predicted octanol–water partition coefficient (Wildman–Crippen LogP) is 2.70. The fourth-order valence-corrected chi connectivity index (χ4v) is 2.46. The highest BCUT2D eigenvalue weighted by molar-refractivity contribution is 6.32. The Labute approximate surface area is 113 Å². The molecule has 1 aromatic heterocycles. The van der Waals surface area contributed by atoms with Gasteiger partial charge in [0, 0.05) is 14.2 Å². The molecule has 0 saturated carbocycles. The van der Waals surface area contributed by atoms with Crippen molar-refractivity contribution in [2.75, 3.05) is 7.11 Å². The number of carbonyl (C=O) groups excluding carboxylic acids is 1. The summed E-state index contributed by atoms with van der Waals surface area (Å²) in [6, 6.07) is 0. The number of halogens is 1. The molecule has 1 aromatic rings. The van der Waals surface area contributed by atoms with E-state index < -0.39 is 5.60 Å². The highest BCUT2D eigenvalue weighted by Crippen LogP contribution is 2.26. The number of aromatic nitrogens is 2. The maximum atomic E-state index is 12.4. The highest BCUT2D eigenvalue weighted by atomic mass is 35.5.